The lowest BCUT2D eigenvalue weighted by molar-refractivity contribution is 0.564. The number of nitrogens with zero attached hydrogens (tertiary/aromatic N) is 1. The zero-order valence-electron chi connectivity index (χ0n) is 12.6. The van der Waals surface area contributed by atoms with E-state index in [1.807, 2.05) is 0 Å². The highest BCUT2D eigenvalue weighted by Gasteiger charge is 2.19. The zero-order chi connectivity index (χ0) is 17.3. The van der Waals surface area contributed by atoms with Crippen LogP contribution >= 0.6 is 0 Å². The van der Waals surface area contributed by atoms with E-state index in [1.54, 1.807) is 31.3 Å². The van der Waals surface area contributed by atoms with Crippen molar-refractivity contribution >= 4 is 21.1 Å². The molecule has 0 spiro atoms. The monoisotopic (exact) mass is 346 g/mol. The Morgan fingerprint density at radius 2 is 1.75 bits per heavy atom. The molecule has 24 heavy (non-hydrogen) atoms. The summed E-state index contributed by atoms with van der Waals surface area (Å²) in [6.45, 7) is 1.68. The van der Waals surface area contributed by atoms with Gasteiger partial charge in [-0.15, -0.1) is 0 Å². The lowest BCUT2D eigenvalue weighted by atomic mass is 10.2. The van der Waals surface area contributed by atoms with Gasteiger partial charge in [-0.05, 0) is 37.3 Å². The summed E-state index contributed by atoms with van der Waals surface area (Å²) in [6.07, 6.45) is 1.58. The van der Waals surface area contributed by atoms with Crippen molar-refractivity contribution in [3.63, 3.8) is 0 Å². The quantitative estimate of drug-likeness (QED) is 0.598. The number of sulfonamides is 1. The van der Waals surface area contributed by atoms with Crippen LogP contribution in [0.5, 0.6) is 0 Å². The van der Waals surface area contributed by atoms with E-state index in [0.717, 1.165) is 0 Å². The smallest absolute Gasteiger partial charge is 0.314 e. The molecule has 1 aromatic carbocycles. The molecule has 0 saturated heterocycles. The van der Waals surface area contributed by atoms with Gasteiger partial charge < -0.3 is 9.97 Å². The summed E-state index contributed by atoms with van der Waals surface area (Å²) in [5, 5.41) is 0. The summed E-state index contributed by atoms with van der Waals surface area (Å²) in [5.41, 5.74) is -0.476. The van der Waals surface area contributed by atoms with Gasteiger partial charge in [-0.1, -0.05) is 6.07 Å². The molecule has 0 saturated carbocycles. The van der Waals surface area contributed by atoms with Crippen molar-refractivity contribution in [1.29, 1.82) is 0 Å². The molecular weight excluding hydrogens is 332 g/mol. The van der Waals surface area contributed by atoms with Crippen LogP contribution in [0.4, 0.5) is 0 Å². The number of benzene rings is 1. The molecule has 124 valence electrons. The third-order valence-electron chi connectivity index (χ3n) is 3.47. The van der Waals surface area contributed by atoms with E-state index in [0.29, 0.717) is 11.2 Å². The van der Waals surface area contributed by atoms with Gasteiger partial charge >= 0.3 is 11.1 Å². The van der Waals surface area contributed by atoms with E-state index >= 15 is 0 Å². The van der Waals surface area contributed by atoms with Crippen LogP contribution in [-0.2, 0) is 10.0 Å². The topological polar surface area (TPSA) is 125 Å². The van der Waals surface area contributed by atoms with Gasteiger partial charge in [0.15, 0.2) is 0 Å². The largest absolute Gasteiger partial charge is 0.316 e. The summed E-state index contributed by atoms with van der Waals surface area (Å²) in [7, 11) is -3.83. The Morgan fingerprint density at radius 1 is 1.04 bits per heavy atom. The average Bonchev–Trinajstić information content (AvgIpc) is 2.56. The zero-order valence-corrected chi connectivity index (χ0v) is 13.4. The number of hydrogen-bond acceptors (Lipinski definition) is 5. The van der Waals surface area contributed by atoms with Crippen molar-refractivity contribution in [1.82, 2.24) is 19.7 Å². The second kappa shape index (κ2) is 6.02. The third kappa shape index (κ3) is 3.12. The molecule has 3 rings (SSSR count). The van der Waals surface area contributed by atoms with E-state index in [4.69, 9.17) is 0 Å². The van der Waals surface area contributed by atoms with E-state index in [2.05, 4.69) is 19.7 Å². The Bertz CT molecular complexity index is 1100. The summed E-state index contributed by atoms with van der Waals surface area (Å²) in [5.74, 6) is 0. The fourth-order valence-electron chi connectivity index (χ4n) is 2.25. The molecule has 0 fully saturated rings. The first-order chi connectivity index (χ1) is 11.4. The number of rotatable bonds is 4. The molecular formula is C15H14N4O4S. The van der Waals surface area contributed by atoms with E-state index in [-0.39, 0.29) is 10.4 Å². The normalized spacial score (nSPS) is 13.0. The molecule has 2 aromatic heterocycles. The molecule has 0 aliphatic heterocycles. The van der Waals surface area contributed by atoms with E-state index < -0.39 is 27.2 Å². The molecule has 0 radical (unpaired) electrons. The Hall–Kier alpha value is -2.78. The predicted octanol–water partition coefficient (Wildman–Crippen LogP) is 0.651. The highest BCUT2D eigenvalue weighted by Crippen LogP contribution is 2.17. The van der Waals surface area contributed by atoms with Crippen LogP contribution in [0.15, 0.2) is 57.1 Å². The van der Waals surface area contributed by atoms with E-state index in [1.165, 1.54) is 18.2 Å². The van der Waals surface area contributed by atoms with Crippen molar-refractivity contribution in [2.75, 3.05) is 0 Å². The summed E-state index contributed by atoms with van der Waals surface area (Å²) in [4.78, 5) is 31.5. The van der Waals surface area contributed by atoms with Gasteiger partial charge in [-0.3, -0.25) is 14.6 Å². The maximum atomic E-state index is 12.5. The van der Waals surface area contributed by atoms with Crippen LogP contribution in [0.1, 0.15) is 18.7 Å². The number of nitrogens with one attached hydrogen (secondary N) is 3. The minimum atomic E-state index is -3.83. The Kier molecular flexibility index (Phi) is 4.04. The van der Waals surface area contributed by atoms with E-state index in [9.17, 15) is 18.0 Å². The molecule has 3 aromatic rings. The Balaban J connectivity index is 1.97. The summed E-state index contributed by atoms with van der Waals surface area (Å²) >= 11 is 0. The van der Waals surface area contributed by atoms with Gasteiger partial charge in [-0.2, -0.15) is 0 Å². The van der Waals surface area contributed by atoms with Crippen LogP contribution in [-0.4, -0.2) is 23.4 Å². The second-order valence-corrected chi connectivity index (χ2v) is 6.93. The van der Waals surface area contributed by atoms with Gasteiger partial charge in [0.25, 0.3) is 0 Å². The molecule has 0 bridgehead atoms. The van der Waals surface area contributed by atoms with Crippen LogP contribution in [0, 0.1) is 0 Å². The van der Waals surface area contributed by atoms with Crippen molar-refractivity contribution in [2.24, 2.45) is 0 Å². The van der Waals surface area contributed by atoms with Crippen LogP contribution in [0.2, 0.25) is 0 Å². The number of aromatic amines is 2. The molecule has 9 heteroatoms. The first kappa shape index (κ1) is 16.1. The fraction of sp³-hybridized carbons (Fsp3) is 0.133. The highest BCUT2D eigenvalue weighted by atomic mass is 32.2. The molecule has 3 N–H and O–H groups in total. The summed E-state index contributed by atoms with van der Waals surface area (Å²) in [6, 6.07) is 8.77. The molecule has 0 aliphatic rings. The lowest BCUT2D eigenvalue weighted by Crippen LogP contribution is -2.29. The van der Waals surface area contributed by atoms with Crippen molar-refractivity contribution in [2.45, 2.75) is 17.9 Å². The first-order valence-corrected chi connectivity index (χ1v) is 8.55. The van der Waals surface area contributed by atoms with Crippen molar-refractivity contribution in [3.8, 4) is 0 Å². The van der Waals surface area contributed by atoms with Crippen molar-refractivity contribution in [3.05, 3.63) is 69.0 Å². The van der Waals surface area contributed by atoms with Gasteiger partial charge in [-0.25, -0.2) is 13.1 Å². The summed E-state index contributed by atoms with van der Waals surface area (Å²) < 4.78 is 27.5. The number of pyridine rings is 1. The first-order valence-electron chi connectivity index (χ1n) is 7.06. The van der Waals surface area contributed by atoms with Gasteiger partial charge in [0.05, 0.1) is 27.7 Å². The van der Waals surface area contributed by atoms with Crippen LogP contribution < -0.4 is 15.8 Å². The standard InChI is InChI=1S/C15H14N4O4S/c1-9(11-4-2-3-7-16-11)19-24(22,23)10-5-6-12-13(8-10)18-15(21)14(20)17-12/h2-9,19H,1H3,(H,17,20)(H,18,21). The molecule has 8 nitrogen and oxygen atoms in total. The third-order valence-corrected chi connectivity index (χ3v) is 5.01. The molecule has 0 aliphatic carbocycles. The van der Waals surface area contributed by atoms with Crippen LogP contribution in [0.3, 0.4) is 0 Å². The Morgan fingerprint density at radius 3 is 2.42 bits per heavy atom. The fourth-order valence-corrected chi connectivity index (χ4v) is 3.50. The SMILES string of the molecule is CC(NS(=O)(=O)c1ccc2[nH]c(=O)c(=O)[nH]c2c1)c1ccccn1. The Labute approximate surface area is 136 Å². The maximum absolute atomic E-state index is 12.5. The molecule has 1 unspecified atom stereocenters. The minimum Gasteiger partial charge on any atom is -0.316 e. The van der Waals surface area contributed by atoms with Crippen molar-refractivity contribution < 1.29 is 8.42 Å². The van der Waals surface area contributed by atoms with Gasteiger partial charge in [0, 0.05) is 6.20 Å². The molecule has 0 amide bonds. The molecule has 1 atom stereocenters. The highest BCUT2D eigenvalue weighted by molar-refractivity contribution is 7.89. The number of hydrogen-bond donors (Lipinski definition) is 3. The minimum absolute atomic E-state index is 0.0273. The maximum Gasteiger partial charge on any atom is 0.314 e. The predicted molar refractivity (Wildman–Crippen MR) is 88.2 cm³/mol. The lowest BCUT2D eigenvalue weighted by Gasteiger charge is -2.14. The van der Waals surface area contributed by atoms with Crippen LogP contribution in [0.25, 0.3) is 11.0 Å². The second-order valence-electron chi connectivity index (χ2n) is 5.21. The molecule has 2 heterocycles. The number of aromatic nitrogens is 3. The number of fused-ring (bicyclic) bond motifs is 1. The van der Waals surface area contributed by atoms with Gasteiger partial charge in [0.2, 0.25) is 10.0 Å². The average molecular weight is 346 g/mol. The number of H-pyrrole nitrogens is 2. The van der Waals surface area contributed by atoms with Gasteiger partial charge in [0.1, 0.15) is 0 Å².